The van der Waals surface area contributed by atoms with Gasteiger partial charge in [-0.3, -0.25) is 4.90 Å². The third-order valence-electron chi connectivity index (χ3n) is 4.22. The molecule has 0 atom stereocenters. The molecule has 0 amide bonds. The number of furan rings is 1. The van der Waals surface area contributed by atoms with Crippen LogP contribution in [0.25, 0.3) is 11.0 Å². The van der Waals surface area contributed by atoms with Crippen LogP contribution in [0.5, 0.6) is 0 Å². The van der Waals surface area contributed by atoms with Crippen molar-refractivity contribution < 1.29 is 9.15 Å². The molecule has 1 aliphatic heterocycles. The Bertz CT molecular complexity index is 571. The predicted molar refractivity (Wildman–Crippen MR) is 79.4 cm³/mol. The molecule has 0 bridgehead atoms. The number of likely N-dealkylation sites (tertiary alicyclic amines) is 1. The Hall–Kier alpha value is -1.36. The number of piperidine rings is 1. The van der Waals surface area contributed by atoms with Crippen LogP contribution in [0.4, 0.5) is 0 Å². The Morgan fingerprint density at radius 3 is 2.75 bits per heavy atom. The first-order valence-corrected chi connectivity index (χ1v) is 7.26. The first kappa shape index (κ1) is 13.6. The summed E-state index contributed by atoms with van der Waals surface area (Å²) in [6, 6.07) is 8.13. The molecule has 4 nitrogen and oxygen atoms in total. The lowest BCUT2D eigenvalue weighted by atomic mass is 10.1. The van der Waals surface area contributed by atoms with Gasteiger partial charge in [0.2, 0.25) is 0 Å². The summed E-state index contributed by atoms with van der Waals surface area (Å²) >= 11 is 0. The average Bonchev–Trinajstić information content (AvgIpc) is 2.85. The van der Waals surface area contributed by atoms with Gasteiger partial charge < -0.3 is 14.9 Å². The maximum atomic E-state index is 5.99. The molecule has 0 spiro atoms. The van der Waals surface area contributed by atoms with Gasteiger partial charge in [0.1, 0.15) is 11.3 Å². The molecule has 4 heteroatoms. The number of rotatable bonds is 4. The van der Waals surface area contributed by atoms with E-state index in [-0.39, 0.29) is 0 Å². The van der Waals surface area contributed by atoms with Gasteiger partial charge in [-0.1, -0.05) is 18.2 Å². The summed E-state index contributed by atoms with van der Waals surface area (Å²) in [7, 11) is 1.80. The Morgan fingerprint density at radius 1 is 1.30 bits per heavy atom. The number of benzene rings is 1. The van der Waals surface area contributed by atoms with Crippen molar-refractivity contribution in [2.24, 2.45) is 5.73 Å². The first-order chi connectivity index (χ1) is 9.81. The molecule has 1 fully saturated rings. The molecule has 1 aromatic heterocycles. The summed E-state index contributed by atoms with van der Waals surface area (Å²) in [4.78, 5) is 2.42. The van der Waals surface area contributed by atoms with Gasteiger partial charge in [-0.25, -0.2) is 0 Å². The zero-order valence-electron chi connectivity index (χ0n) is 12.0. The third-order valence-corrected chi connectivity index (χ3v) is 4.22. The normalized spacial score (nSPS) is 17.9. The minimum absolute atomic E-state index is 0.413. The van der Waals surface area contributed by atoms with Gasteiger partial charge in [-0.05, 0) is 18.9 Å². The maximum absolute atomic E-state index is 5.99. The molecular formula is C16H22N2O2. The van der Waals surface area contributed by atoms with Gasteiger partial charge >= 0.3 is 0 Å². The van der Waals surface area contributed by atoms with Crippen LogP contribution < -0.4 is 5.73 Å². The lowest BCUT2D eigenvalue weighted by molar-refractivity contribution is 0.0370. The number of nitrogens with zero attached hydrogens (tertiary/aromatic N) is 1. The van der Waals surface area contributed by atoms with E-state index in [1.165, 1.54) is 0 Å². The fourth-order valence-corrected chi connectivity index (χ4v) is 3.01. The highest BCUT2D eigenvalue weighted by Crippen LogP contribution is 2.27. The molecule has 108 valence electrons. The lowest BCUT2D eigenvalue weighted by Crippen LogP contribution is -2.36. The Labute approximate surface area is 119 Å². The quantitative estimate of drug-likeness (QED) is 0.930. The molecule has 2 aromatic rings. The molecule has 20 heavy (non-hydrogen) atoms. The monoisotopic (exact) mass is 274 g/mol. The molecular weight excluding hydrogens is 252 g/mol. The zero-order valence-corrected chi connectivity index (χ0v) is 12.0. The highest BCUT2D eigenvalue weighted by atomic mass is 16.5. The largest absolute Gasteiger partial charge is 0.459 e. The fourth-order valence-electron chi connectivity index (χ4n) is 3.01. The van der Waals surface area contributed by atoms with E-state index in [1.54, 1.807) is 7.11 Å². The highest BCUT2D eigenvalue weighted by Gasteiger charge is 2.21. The van der Waals surface area contributed by atoms with Gasteiger partial charge in [0.05, 0.1) is 12.6 Å². The Morgan fingerprint density at radius 2 is 2.05 bits per heavy atom. The number of para-hydroxylation sites is 1. The van der Waals surface area contributed by atoms with Crippen LogP contribution in [0.1, 0.15) is 24.2 Å². The number of fused-ring (bicyclic) bond motifs is 1. The van der Waals surface area contributed by atoms with E-state index in [0.717, 1.165) is 54.8 Å². The smallest absolute Gasteiger partial charge is 0.134 e. The Kier molecular flexibility index (Phi) is 4.05. The van der Waals surface area contributed by atoms with E-state index in [0.29, 0.717) is 12.6 Å². The van der Waals surface area contributed by atoms with Crippen molar-refractivity contribution in [3.63, 3.8) is 0 Å². The summed E-state index contributed by atoms with van der Waals surface area (Å²) < 4.78 is 11.4. The predicted octanol–water partition coefficient (Wildman–Crippen LogP) is 2.50. The summed E-state index contributed by atoms with van der Waals surface area (Å²) in [5, 5.41) is 1.15. The third kappa shape index (κ3) is 2.59. The number of hydrogen-bond acceptors (Lipinski definition) is 4. The summed E-state index contributed by atoms with van der Waals surface area (Å²) in [6.07, 6.45) is 2.60. The maximum Gasteiger partial charge on any atom is 0.134 e. The van der Waals surface area contributed by atoms with Crippen LogP contribution >= 0.6 is 0 Å². The van der Waals surface area contributed by atoms with Crippen molar-refractivity contribution in [3.8, 4) is 0 Å². The molecule has 1 aliphatic rings. The highest BCUT2D eigenvalue weighted by molar-refractivity contribution is 5.82. The van der Waals surface area contributed by atoms with Gasteiger partial charge in [0, 0.05) is 37.7 Å². The Balaban J connectivity index is 1.77. The fraction of sp³-hybridized carbons (Fsp3) is 0.500. The minimum atomic E-state index is 0.413. The second-order valence-electron chi connectivity index (χ2n) is 5.42. The van der Waals surface area contributed by atoms with Crippen LogP contribution in [0.15, 0.2) is 28.7 Å². The van der Waals surface area contributed by atoms with Crippen molar-refractivity contribution in [1.82, 2.24) is 4.90 Å². The molecule has 0 radical (unpaired) electrons. The van der Waals surface area contributed by atoms with E-state index in [9.17, 15) is 0 Å². The second kappa shape index (κ2) is 5.95. The lowest BCUT2D eigenvalue weighted by Gasteiger charge is -2.30. The minimum Gasteiger partial charge on any atom is -0.459 e. The molecule has 2 heterocycles. The van der Waals surface area contributed by atoms with E-state index in [2.05, 4.69) is 11.0 Å². The van der Waals surface area contributed by atoms with E-state index in [4.69, 9.17) is 14.9 Å². The molecule has 0 aliphatic carbocycles. The molecule has 3 rings (SSSR count). The van der Waals surface area contributed by atoms with Crippen LogP contribution in [0, 0.1) is 0 Å². The van der Waals surface area contributed by atoms with Gasteiger partial charge in [0.15, 0.2) is 0 Å². The van der Waals surface area contributed by atoms with Crippen molar-refractivity contribution >= 4 is 11.0 Å². The standard InChI is InChI=1S/C16H22N2O2/c1-19-12-6-8-18(9-7-12)11-16-14(10-17)13-4-2-3-5-15(13)20-16/h2-5,12H,6-11,17H2,1H3. The molecule has 0 unspecified atom stereocenters. The van der Waals surface area contributed by atoms with Crippen molar-refractivity contribution in [2.75, 3.05) is 20.2 Å². The molecule has 1 saturated heterocycles. The molecule has 0 saturated carbocycles. The van der Waals surface area contributed by atoms with Gasteiger partial charge in [0.25, 0.3) is 0 Å². The van der Waals surface area contributed by atoms with Crippen molar-refractivity contribution in [2.45, 2.75) is 32.0 Å². The van der Waals surface area contributed by atoms with E-state index < -0.39 is 0 Å². The van der Waals surface area contributed by atoms with E-state index >= 15 is 0 Å². The topological polar surface area (TPSA) is 51.6 Å². The first-order valence-electron chi connectivity index (χ1n) is 7.26. The summed E-state index contributed by atoms with van der Waals surface area (Å²) in [6.45, 7) is 3.48. The second-order valence-corrected chi connectivity index (χ2v) is 5.42. The zero-order chi connectivity index (χ0) is 13.9. The average molecular weight is 274 g/mol. The number of hydrogen-bond donors (Lipinski definition) is 1. The van der Waals surface area contributed by atoms with Crippen LogP contribution in [-0.4, -0.2) is 31.2 Å². The van der Waals surface area contributed by atoms with Gasteiger partial charge in [-0.15, -0.1) is 0 Å². The van der Waals surface area contributed by atoms with Crippen molar-refractivity contribution in [3.05, 3.63) is 35.6 Å². The molecule has 2 N–H and O–H groups in total. The van der Waals surface area contributed by atoms with Crippen LogP contribution in [-0.2, 0) is 17.8 Å². The van der Waals surface area contributed by atoms with Crippen LogP contribution in [0.3, 0.4) is 0 Å². The number of nitrogens with two attached hydrogens (primary N) is 1. The van der Waals surface area contributed by atoms with Crippen LogP contribution in [0.2, 0.25) is 0 Å². The summed E-state index contributed by atoms with van der Waals surface area (Å²) in [5.74, 6) is 1.02. The number of methoxy groups -OCH3 is 1. The summed E-state index contributed by atoms with van der Waals surface area (Å²) in [5.41, 5.74) is 8.00. The number of ether oxygens (including phenoxy) is 1. The van der Waals surface area contributed by atoms with Crippen molar-refractivity contribution in [1.29, 1.82) is 0 Å². The molecule has 1 aromatic carbocycles. The SMILES string of the molecule is COC1CCN(Cc2oc3ccccc3c2CN)CC1. The van der Waals surface area contributed by atoms with E-state index in [1.807, 2.05) is 18.2 Å². The van der Waals surface area contributed by atoms with Gasteiger partial charge in [-0.2, -0.15) is 0 Å².